The highest BCUT2D eigenvalue weighted by Crippen LogP contribution is 2.30. The number of hydrogen-bond acceptors (Lipinski definition) is 5. The Morgan fingerprint density at radius 3 is 2.11 bits per heavy atom. The topological polar surface area (TPSA) is 49.9 Å². The standard InChI is InChI=1S/C23H24N2O3/c1-15-4-5-16(2)19(14-15)24-10-12-25(13-11-24)21-20(22(26)23(21)27)17-6-8-18(28-3)9-7-17/h4-9,14H,10-13H2,1-3H3. The summed E-state index contributed by atoms with van der Waals surface area (Å²) in [5, 5.41) is 0. The maximum atomic E-state index is 12.3. The molecule has 1 aliphatic rings. The first-order valence-corrected chi connectivity index (χ1v) is 9.54. The summed E-state index contributed by atoms with van der Waals surface area (Å²) in [5.41, 5.74) is 4.86. The maximum Gasteiger partial charge on any atom is 0.250 e. The van der Waals surface area contributed by atoms with Crippen LogP contribution >= 0.6 is 0 Å². The summed E-state index contributed by atoms with van der Waals surface area (Å²) < 4.78 is 5.18. The van der Waals surface area contributed by atoms with Crippen LogP contribution in [0.5, 0.6) is 5.75 Å². The number of ether oxygens (including phenoxy) is 1. The van der Waals surface area contributed by atoms with Crippen molar-refractivity contribution in [1.29, 1.82) is 0 Å². The third-order valence-corrected chi connectivity index (χ3v) is 5.57. The van der Waals surface area contributed by atoms with Crippen LogP contribution in [0, 0.1) is 13.8 Å². The van der Waals surface area contributed by atoms with Crippen LogP contribution < -0.4 is 25.4 Å². The molecule has 5 heteroatoms. The van der Waals surface area contributed by atoms with Crippen molar-refractivity contribution in [1.82, 2.24) is 0 Å². The van der Waals surface area contributed by atoms with Gasteiger partial charge < -0.3 is 14.5 Å². The van der Waals surface area contributed by atoms with Crippen LogP contribution in [0.25, 0.3) is 11.1 Å². The first-order chi connectivity index (χ1) is 13.5. The van der Waals surface area contributed by atoms with Crippen LogP contribution in [0.1, 0.15) is 11.1 Å². The van der Waals surface area contributed by atoms with Crippen molar-refractivity contribution >= 4 is 11.4 Å². The van der Waals surface area contributed by atoms with Gasteiger partial charge in [0, 0.05) is 31.9 Å². The van der Waals surface area contributed by atoms with Crippen molar-refractivity contribution in [2.45, 2.75) is 13.8 Å². The minimum absolute atomic E-state index is 0.369. The van der Waals surface area contributed by atoms with E-state index in [1.54, 1.807) is 7.11 Å². The molecule has 144 valence electrons. The fourth-order valence-electron chi connectivity index (χ4n) is 3.94. The van der Waals surface area contributed by atoms with E-state index in [0.29, 0.717) is 11.3 Å². The highest BCUT2D eigenvalue weighted by Gasteiger charge is 2.29. The smallest absolute Gasteiger partial charge is 0.250 e. The Labute approximate surface area is 164 Å². The summed E-state index contributed by atoms with van der Waals surface area (Å²) in [7, 11) is 1.60. The van der Waals surface area contributed by atoms with E-state index < -0.39 is 5.43 Å². The first-order valence-electron chi connectivity index (χ1n) is 9.54. The van der Waals surface area contributed by atoms with Crippen LogP contribution in [-0.2, 0) is 0 Å². The van der Waals surface area contributed by atoms with Crippen molar-refractivity contribution in [3.8, 4) is 16.9 Å². The fraction of sp³-hybridized carbons (Fsp3) is 0.304. The Bertz CT molecular complexity index is 1070. The summed E-state index contributed by atoms with van der Waals surface area (Å²) in [6.45, 7) is 7.32. The van der Waals surface area contributed by atoms with Gasteiger partial charge in [-0.2, -0.15) is 0 Å². The van der Waals surface area contributed by atoms with Crippen molar-refractivity contribution in [2.24, 2.45) is 0 Å². The molecule has 0 aliphatic carbocycles. The summed E-state index contributed by atoms with van der Waals surface area (Å²) in [4.78, 5) is 29.0. The number of nitrogens with zero attached hydrogens (tertiary/aromatic N) is 2. The maximum absolute atomic E-state index is 12.3. The fourth-order valence-corrected chi connectivity index (χ4v) is 3.94. The lowest BCUT2D eigenvalue weighted by Gasteiger charge is -2.39. The van der Waals surface area contributed by atoms with Crippen LogP contribution in [0.2, 0.25) is 0 Å². The molecular weight excluding hydrogens is 352 g/mol. The summed E-state index contributed by atoms with van der Waals surface area (Å²) in [6.07, 6.45) is 0. The Kier molecular flexibility index (Phi) is 4.67. The van der Waals surface area contributed by atoms with Crippen LogP contribution in [0.4, 0.5) is 11.4 Å². The second-order valence-electron chi connectivity index (χ2n) is 7.37. The Morgan fingerprint density at radius 2 is 1.46 bits per heavy atom. The minimum atomic E-state index is -0.392. The van der Waals surface area contributed by atoms with E-state index in [4.69, 9.17) is 4.74 Å². The zero-order chi connectivity index (χ0) is 19.8. The van der Waals surface area contributed by atoms with Gasteiger partial charge in [-0.15, -0.1) is 0 Å². The number of anilines is 2. The number of hydrogen-bond donors (Lipinski definition) is 0. The zero-order valence-electron chi connectivity index (χ0n) is 16.5. The summed E-state index contributed by atoms with van der Waals surface area (Å²) in [6, 6.07) is 13.8. The molecule has 0 saturated carbocycles. The molecule has 0 spiro atoms. The third-order valence-electron chi connectivity index (χ3n) is 5.57. The van der Waals surface area contributed by atoms with Crippen molar-refractivity contribution in [3.63, 3.8) is 0 Å². The predicted molar refractivity (Wildman–Crippen MR) is 114 cm³/mol. The average Bonchev–Trinajstić information content (AvgIpc) is 2.73. The van der Waals surface area contributed by atoms with Crippen molar-refractivity contribution < 1.29 is 4.74 Å². The zero-order valence-corrected chi connectivity index (χ0v) is 16.5. The van der Waals surface area contributed by atoms with Gasteiger partial charge in [0.1, 0.15) is 11.4 Å². The SMILES string of the molecule is COc1ccc(-c2c(N3CCN(c4cc(C)ccc4C)CC3)c(=O)c2=O)cc1. The second-order valence-corrected chi connectivity index (χ2v) is 7.37. The van der Waals surface area contributed by atoms with Gasteiger partial charge in [-0.3, -0.25) is 9.59 Å². The van der Waals surface area contributed by atoms with E-state index >= 15 is 0 Å². The minimum Gasteiger partial charge on any atom is -0.497 e. The number of methoxy groups -OCH3 is 1. The van der Waals surface area contributed by atoms with Crippen LogP contribution in [0.3, 0.4) is 0 Å². The largest absolute Gasteiger partial charge is 0.497 e. The Hall–Kier alpha value is -3.08. The highest BCUT2D eigenvalue weighted by atomic mass is 16.5. The lowest BCUT2D eigenvalue weighted by molar-refractivity contribution is 0.415. The van der Waals surface area contributed by atoms with Gasteiger partial charge in [-0.1, -0.05) is 24.3 Å². The average molecular weight is 376 g/mol. The van der Waals surface area contributed by atoms with Gasteiger partial charge in [0.2, 0.25) is 10.9 Å². The van der Waals surface area contributed by atoms with E-state index in [1.165, 1.54) is 16.8 Å². The van der Waals surface area contributed by atoms with Gasteiger partial charge >= 0.3 is 0 Å². The molecule has 3 aromatic carbocycles. The summed E-state index contributed by atoms with van der Waals surface area (Å²) in [5.74, 6) is 0.728. The van der Waals surface area contributed by atoms with E-state index in [9.17, 15) is 9.59 Å². The lowest BCUT2D eigenvalue weighted by Crippen LogP contribution is -2.51. The molecule has 0 amide bonds. The highest BCUT2D eigenvalue weighted by molar-refractivity contribution is 5.83. The molecule has 4 rings (SSSR count). The van der Waals surface area contributed by atoms with Gasteiger partial charge in [-0.25, -0.2) is 0 Å². The molecular formula is C23H24N2O3. The molecule has 0 unspecified atom stereocenters. The molecule has 0 N–H and O–H groups in total. The van der Waals surface area contributed by atoms with E-state index in [2.05, 4.69) is 41.8 Å². The van der Waals surface area contributed by atoms with Gasteiger partial charge in [-0.05, 0) is 48.7 Å². The van der Waals surface area contributed by atoms with Crippen LogP contribution in [0.15, 0.2) is 52.1 Å². The normalized spacial score (nSPS) is 14.5. The number of rotatable bonds is 4. The molecule has 5 nitrogen and oxygen atoms in total. The molecule has 1 heterocycles. The molecule has 0 aromatic heterocycles. The summed E-state index contributed by atoms with van der Waals surface area (Å²) >= 11 is 0. The quantitative estimate of drug-likeness (QED) is 0.656. The molecule has 3 aromatic rings. The Morgan fingerprint density at radius 1 is 0.821 bits per heavy atom. The van der Waals surface area contributed by atoms with Crippen LogP contribution in [-0.4, -0.2) is 33.3 Å². The molecule has 0 bridgehead atoms. The van der Waals surface area contributed by atoms with Crippen molar-refractivity contribution in [2.75, 3.05) is 43.1 Å². The number of aryl methyl sites for hydroxylation is 2. The molecule has 28 heavy (non-hydrogen) atoms. The van der Waals surface area contributed by atoms with E-state index in [-0.39, 0.29) is 5.43 Å². The van der Waals surface area contributed by atoms with E-state index in [1.807, 2.05) is 24.3 Å². The lowest BCUT2D eigenvalue weighted by atomic mass is 9.97. The van der Waals surface area contributed by atoms with Crippen molar-refractivity contribution in [3.05, 3.63) is 74.0 Å². The molecule has 0 radical (unpaired) electrons. The molecule has 1 aliphatic heterocycles. The molecule has 1 saturated heterocycles. The molecule has 1 fully saturated rings. The van der Waals surface area contributed by atoms with Gasteiger partial charge in [0.25, 0.3) is 0 Å². The van der Waals surface area contributed by atoms with Gasteiger partial charge in [0.15, 0.2) is 0 Å². The molecule has 0 atom stereocenters. The third kappa shape index (κ3) is 3.07. The second kappa shape index (κ2) is 7.15. The van der Waals surface area contributed by atoms with Gasteiger partial charge in [0.05, 0.1) is 12.7 Å². The number of piperazine rings is 1. The Balaban J connectivity index is 1.56. The number of benzene rings is 2. The van der Waals surface area contributed by atoms with E-state index in [0.717, 1.165) is 37.5 Å². The first kappa shape index (κ1) is 18.3. The monoisotopic (exact) mass is 376 g/mol. The predicted octanol–water partition coefficient (Wildman–Crippen LogP) is 2.90.